The summed E-state index contributed by atoms with van der Waals surface area (Å²) in [5, 5.41) is 4.17. The smallest absolute Gasteiger partial charge is 0.361 e. The van der Waals surface area contributed by atoms with Crippen molar-refractivity contribution < 1.29 is 9.53 Å². The minimum atomic E-state index is -0.452. The minimum Gasteiger partial charge on any atom is -0.461 e. The number of hydrogen-bond acceptors (Lipinski definition) is 4. The normalized spacial score (nSPS) is 12.4. The molecule has 5 nitrogen and oxygen atoms in total. The third-order valence-corrected chi connectivity index (χ3v) is 2.54. The molecule has 1 unspecified atom stereocenters. The van der Waals surface area contributed by atoms with Crippen molar-refractivity contribution >= 4 is 11.7 Å². The van der Waals surface area contributed by atoms with Gasteiger partial charge in [-0.15, -0.1) is 0 Å². The fourth-order valence-corrected chi connectivity index (χ4v) is 1.79. The van der Waals surface area contributed by atoms with Crippen LogP contribution in [0.25, 0.3) is 0 Å². The number of rotatable bonds is 6. The predicted molar refractivity (Wildman–Crippen MR) is 66.7 cm³/mol. The first-order chi connectivity index (χ1) is 8.08. The molecule has 0 aliphatic rings. The van der Waals surface area contributed by atoms with Crippen LogP contribution in [0.3, 0.4) is 0 Å². The molecule has 96 valence electrons. The molecule has 1 heterocycles. The summed E-state index contributed by atoms with van der Waals surface area (Å²) in [5.74, 6) is 0.0706. The quantitative estimate of drug-likeness (QED) is 0.771. The average molecular weight is 239 g/mol. The standard InChI is InChI=1S/C12H21N3O2/c1-4-6-9(3)7-15-8-10(13)11(14-15)12(16)17-5-2/h8-9H,4-7,13H2,1-3H3. The van der Waals surface area contributed by atoms with E-state index in [1.165, 1.54) is 0 Å². The summed E-state index contributed by atoms with van der Waals surface area (Å²) in [6.45, 7) is 7.17. The van der Waals surface area contributed by atoms with Crippen molar-refractivity contribution in [3.8, 4) is 0 Å². The Morgan fingerprint density at radius 1 is 1.59 bits per heavy atom. The first-order valence-electron chi connectivity index (χ1n) is 6.08. The number of anilines is 1. The second-order valence-electron chi connectivity index (χ2n) is 4.27. The van der Waals surface area contributed by atoms with E-state index in [-0.39, 0.29) is 5.69 Å². The third-order valence-electron chi connectivity index (χ3n) is 2.54. The van der Waals surface area contributed by atoms with Gasteiger partial charge in [0.25, 0.3) is 0 Å². The second kappa shape index (κ2) is 6.27. The Morgan fingerprint density at radius 2 is 2.29 bits per heavy atom. The van der Waals surface area contributed by atoms with Crippen molar-refractivity contribution in [2.75, 3.05) is 12.3 Å². The number of carbonyl (C=O) groups excluding carboxylic acids is 1. The molecule has 0 saturated carbocycles. The molecular weight excluding hydrogens is 218 g/mol. The highest BCUT2D eigenvalue weighted by atomic mass is 16.5. The number of nitrogens with zero attached hydrogens (tertiary/aromatic N) is 2. The number of aromatic nitrogens is 2. The van der Waals surface area contributed by atoms with Crippen LogP contribution in [0, 0.1) is 5.92 Å². The number of esters is 1. The molecule has 1 rings (SSSR count). The molecule has 1 atom stereocenters. The van der Waals surface area contributed by atoms with Crippen LogP contribution in [0.5, 0.6) is 0 Å². The second-order valence-corrected chi connectivity index (χ2v) is 4.27. The van der Waals surface area contributed by atoms with Crippen molar-refractivity contribution in [2.24, 2.45) is 5.92 Å². The molecule has 17 heavy (non-hydrogen) atoms. The van der Waals surface area contributed by atoms with Gasteiger partial charge in [0.1, 0.15) is 0 Å². The highest BCUT2D eigenvalue weighted by Gasteiger charge is 2.16. The van der Waals surface area contributed by atoms with Gasteiger partial charge in [0.15, 0.2) is 5.69 Å². The lowest BCUT2D eigenvalue weighted by Crippen LogP contribution is -2.11. The summed E-state index contributed by atoms with van der Waals surface area (Å²) in [6.07, 6.45) is 3.97. The molecule has 0 amide bonds. The summed E-state index contributed by atoms with van der Waals surface area (Å²) in [5.41, 5.74) is 6.34. The Kier molecular flexibility index (Phi) is 5.00. The Hall–Kier alpha value is -1.52. The fourth-order valence-electron chi connectivity index (χ4n) is 1.79. The first-order valence-corrected chi connectivity index (χ1v) is 6.08. The van der Waals surface area contributed by atoms with E-state index in [4.69, 9.17) is 10.5 Å². The molecule has 0 aliphatic carbocycles. The maximum Gasteiger partial charge on any atom is 0.361 e. The van der Waals surface area contributed by atoms with E-state index in [1.54, 1.807) is 17.8 Å². The molecule has 1 aromatic heterocycles. The van der Waals surface area contributed by atoms with Crippen molar-refractivity contribution in [1.29, 1.82) is 0 Å². The van der Waals surface area contributed by atoms with Crippen LogP contribution in [-0.4, -0.2) is 22.4 Å². The van der Waals surface area contributed by atoms with E-state index in [2.05, 4.69) is 18.9 Å². The van der Waals surface area contributed by atoms with Crippen LogP contribution in [-0.2, 0) is 11.3 Å². The lowest BCUT2D eigenvalue weighted by Gasteiger charge is -2.09. The minimum absolute atomic E-state index is 0.218. The molecule has 0 radical (unpaired) electrons. The van der Waals surface area contributed by atoms with E-state index in [0.29, 0.717) is 18.2 Å². The molecule has 0 fully saturated rings. The van der Waals surface area contributed by atoms with Crippen LogP contribution >= 0.6 is 0 Å². The summed E-state index contributed by atoms with van der Waals surface area (Å²) < 4.78 is 6.60. The van der Waals surface area contributed by atoms with E-state index >= 15 is 0 Å². The zero-order chi connectivity index (χ0) is 12.8. The summed E-state index contributed by atoms with van der Waals surface area (Å²) >= 11 is 0. The number of nitrogen functional groups attached to an aromatic ring is 1. The molecular formula is C12H21N3O2. The van der Waals surface area contributed by atoms with Gasteiger partial charge in [-0.1, -0.05) is 20.3 Å². The number of carbonyl (C=O) groups is 1. The fraction of sp³-hybridized carbons (Fsp3) is 0.667. The van der Waals surface area contributed by atoms with Gasteiger partial charge in [-0.25, -0.2) is 4.79 Å². The van der Waals surface area contributed by atoms with E-state index in [0.717, 1.165) is 19.4 Å². The highest BCUT2D eigenvalue weighted by Crippen LogP contribution is 2.14. The number of hydrogen-bond donors (Lipinski definition) is 1. The van der Waals surface area contributed by atoms with Crippen LogP contribution < -0.4 is 5.73 Å². The van der Waals surface area contributed by atoms with E-state index < -0.39 is 5.97 Å². The van der Waals surface area contributed by atoms with Crippen molar-refractivity contribution in [2.45, 2.75) is 40.2 Å². The van der Waals surface area contributed by atoms with Gasteiger partial charge in [-0.05, 0) is 19.3 Å². The average Bonchev–Trinajstić information content (AvgIpc) is 2.60. The van der Waals surface area contributed by atoms with Crippen molar-refractivity contribution in [3.05, 3.63) is 11.9 Å². The SMILES string of the molecule is CCCC(C)Cn1cc(N)c(C(=O)OCC)n1. The summed E-state index contributed by atoms with van der Waals surface area (Å²) in [7, 11) is 0. The summed E-state index contributed by atoms with van der Waals surface area (Å²) in [6, 6.07) is 0. The zero-order valence-corrected chi connectivity index (χ0v) is 10.8. The lowest BCUT2D eigenvalue weighted by molar-refractivity contribution is 0.0519. The lowest BCUT2D eigenvalue weighted by atomic mass is 10.1. The highest BCUT2D eigenvalue weighted by molar-refractivity contribution is 5.92. The van der Waals surface area contributed by atoms with Gasteiger partial charge in [-0.3, -0.25) is 4.68 Å². The Bertz CT molecular complexity index is 374. The monoisotopic (exact) mass is 239 g/mol. The van der Waals surface area contributed by atoms with E-state index in [9.17, 15) is 4.79 Å². The molecule has 0 aromatic carbocycles. The van der Waals surface area contributed by atoms with Crippen molar-refractivity contribution in [3.63, 3.8) is 0 Å². The zero-order valence-electron chi connectivity index (χ0n) is 10.8. The largest absolute Gasteiger partial charge is 0.461 e. The Labute approximate surface area is 102 Å². The van der Waals surface area contributed by atoms with Crippen LogP contribution in [0.15, 0.2) is 6.20 Å². The molecule has 0 saturated heterocycles. The van der Waals surface area contributed by atoms with Crippen LogP contribution in [0.1, 0.15) is 44.1 Å². The topological polar surface area (TPSA) is 70.1 Å². The Morgan fingerprint density at radius 3 is 2.88 bits per heavy atom. The molecule has 0 spiro atoms. The van der Waals surface area contributed by atoms with Crippen molar-refractivity contribution in [1.82, 2.24) is 9.78 Å². The number of nitrogens with two attached hydrogens (primary N) is 1. The van der Waals surface area contributed by atoms with Gasteiger partial charge >= 0.3 is 5.97 Å². The number of ether oxygens (including phenoxy) is 1. The van der Waals surface area contributed by atoms with Crippen LogP contribution in [0.4, 0.5) is 5.69 Å². The summed E-state index contributed by atoms with van der Waals surface area (Å²) in [4.78, 5) is 11.5. The third kappa shape index (κ3) is 3.76. The van der Waals surface area contributed by atoms with Gasteiger partial charge < -0.3 is 10.5 Å². The molecule has 5 heteroatoms. The maximum atomic E-state index is 11.5. The van der Waals surface area contributed by atoms with E-state index in [1.807, 2.05) is 0 Å². The van der Waals surface area contributed by atoms with Gasteiger partial charge in [-0.2, -0.15) is 5.10 Å². The van der Waals surface area contributed by atoms with Crippen LogP contribution in [0.2, 0.25) is 0 Å². The first kappa shape index (κ1) is 13.5. The molecule has 0 bridgehead atoms. The van der Waals surface area contributed by atoms with Gasteiger partial charge in [0, 0.05) is 12.7 Å². The molecule has 1 aromatic rings. The molecule has 0 aliphatic heterocycles. The van der Waals surface area contributed by atoms with Gasteiger partial charge in [0.2, 0.25) is 0 Å². The predicted octanol–water partition coefficient (Wildman–Crippen LogP) is 2.08. The molecule has 2 N–H and O–H groups in total. The van der Waals surface area contributed by atoms with Gasteiger partial charge in [0.05, 0.1) is 12.3 Å². The Balaban J connectivity index is 2.70. The maximum absolute atomic E-state index is 11.5.